The van der Waals surface area contributed by atoms with Crippen LogP contribution in [-0.2, 0) is 16.6 Å². The molecule has 3 rings (SSSR count). The Kier molecular flexibility index (Phi) is 5.07. The molecule has 1 aliphatic rings. The van der Waals surface area contributed by atoms with Gasteiger partial charge in [0.1, 0.15) is 0 Å². The van der Waals surface area contributed by atoms with Crippen molar-refractivity contribution in [2.45, 2.75) is 11.4 Å². The van der Waals surface area contributed by atoms with Gasteiger partial charge in [-0.3, -0.25) is 20.0 Å². The van der Waals surface area contributed by atoms with Gasteiger partial charge in [0.15, 0.2) is 4.90 Å². The number of para-hydroxylation sites is 1. The Hall–Kier alpha value is -2.36. The fourth-order valence-corrected chi connectivity index (χ4v) is 4.42. The molecule has 0 N–H and O–H groups in total. The number of piperazine rings is 1. The number of rotatable bonds is 5. The second-order valence-corrected chi connectivity index (χ2v) is 7.67. The molecule has 2 heterocycles. The van der Waals surface area contributed by atoms with E-state index in [1.165, 1.54) is 28.6 Å². The number of sulfonamides is 1. The second-order valence-electron chi connectivity index (χ2n) is 5.76. The minimum absolute atomic E-state index is 0.248. The maximum Gasteiger partial charge on any atom is 0.289 e. The molecule has 132 valence electrons. The Morgan fingerprint density at radius 3 is 2.32 bits per heavy atom. The highest BCUT2D eigenvalue weighted by atomic mass is 32.2. The highest BCUT2D eigenvalue weighted by Crippen LogP contribution is 2.27. The molecular weight excluding hydrogens is 344 g/mol. The van der Waals surface area contributed by atoms with Crippen molar-refractivity contribution in [3.63, 3.8) is 0 Å². The lowest BCUT2D eigenvalue weighted by Crippen LogP contribution is -2.48. The predicted octanol–water partition coefficient (Wildman–Crippen LogP) is 1.50. The van der Waals surface area contributed by atoms with Gasteiger partial charge in [-0.1, -0.05) is 12.1 Å². The van der Waals surface area contributed by atoms with Crippen LogP contribution in [0.25, 0.3) is 0 Å². The van der Waals surface area contributed by atoms with Crippen LogP contribution in [-0.4, -0.2) is 53.7 Å². The molecule has 0 aliphatic carbocycles. The average Bonchev–Trinajstić information content (AvgIpc) is 2.63. The summed E-state index contributed by atoms with van der Waals surface area (Å²) in [4.78, 5) is 16.3. The molecule has 1 aromatic heterocycles. The van der Waals surface area contributed by atoms with Crippen molar-refractivity contribution in [2.24, 2.45) is 0 Å². The van der Waals surface area contributed by atoms with Crippen LogP contribution in [0.4, 0.5) is 5.69 Å². The summed E-state index contributed by atoms with van der Waals surface area (Å²) in [5.74, 6) is 0. The monoisotopic (exact) mass is 362 g/mol. The number of nitro groups is 1. The zero-order valence-electron chi connectivity index (χ0n) is 13.5. The highest BCUT2D eigenvalue weighted by molar-refractivity contribution is 7.89. The molecular formula is C16H18N4O4S. The van der Waals surface area contributed by atoms with Crippen LogP contribution in [0.2, 0.25) is 0 Å². The van der Waals surface area contributed by atoms with Crippen molar-refractivity contribution in [1.82, 2.24) is 14.2 Å². The van der Waals surface area contributed by atoms with Crippen LogP contribution in [0.15, 0.2) is 53.7 Å². The lowest BCUT2D eigenvalue weighted by atomic mass is 10.2. The first-order chi connectivity index (χ1) is 12.0. The summed E-state index contributed by atoms with van der Waals surface area (Å²) in [6.45, 7) is 2.48. The molecule has 0 amide bonds. The van der Waals surface area contributed by atoms with E-state index < -0.39 is 14.9 Å². The van der Waals surface area contributed by atoms with Crippen molar-refractivity contribution < 1.29 is 13.3 Å². The average molecular weight is 362 g/mol. The van der Waals surface area contributed by atoms with Gasteiger partial charge in [-0.15, -0.1) is 0 Å². The molecule has 1 saturated heterocycles. The van der Waals surface area contributed by atoms with E-state index in [0.717, 1.165) is 12.1 Å². The van der Waals surface area contributed by atoms with Crippen LogP contribution in [0.5, 0.6) is 0 Å². The number of pyridine rings is 1. The molecule has 9 heteroatoms. The van der Waals surface area contributed by atoms with E-state index in [4.69, 9.17) is 0 Å². The van der Waals surface area contributed by atoms with E-state index in [-0.39, 0.29) is 10.6 Å². The van der Waals surface area contributed by atoms with Crippen LogP contribution in [0, 0.1) is 10.1 Å². The first-order valence-corrected chi connectivity index (χ1v) is 9.27. The topological polar surface area (TPSA) is 96.6 Å². The highest BCUT2D eigenvalue weighted by Gasteiger charge is 2.33. The summed E-state index contributed by atoms with van der Waals surface area (Å²) in [6.07, 6.45) is 3.45. The summed E-state index contributed by atoms with van der Waals surface area (Å²) in [6, 6.07) is 9.32. The molecule has 0 bridgehead atoms. The van der Waals surface area contributed by atoms with Gasteiger partial charge in [-0.2, -0.15) is 4.31 Å². The standard InChI is InChI=1S/C16H18N4O4S/c21-20(22)15-3-1-2-4-16(15)25(23,24)19-11-9-18(10-12-19)13-14-5-7-17-8-6-14/h1-8H,9-13H2. The molecule has 1 fully saturated rings. The number of benzene rings is 1. The Morgan fingerprint density at radius 2 is 1.68 bits per heavy atom. The summed E-state index contributed by atoms with van der Waals surface area (Å²) in [7, 11) is -3.88. The quantitative estimate of drug-likeness (QED) is 0.591. The summed E-state index contributed by atoms with van der Waals surface area (Å²) >= 11 is 0. The molecule has 0 atom stereocenters. The van der Waals surface area contributed by atoms with Gasteiger partial charge in [-0.05, 0) is 23.8 Å². The molecule has 0 radical (unpaired) electrons. The third-order valence-corrected chi connectivity index (χ3v) is 6.11. The van der Waals surface area contributed by atoms with E-state index in [9.17, 15) is 18.5 Å². The molecule has 8 nitrogen and oxygen atoms in total. The van der Waals surface area contributed by atoms with Crippen LogP contribution >= 0.6 is 0 Å². The number of nitro benzene ring substituents is 1. The zero-order chi connectivity index (χ0) is 17.9. The van der Waals surface area contributed by atoms with Gasteiger partial charge in [0.25, 0.3) is 5.69 Å². The molecule has 0 spiro atoms. The number of nitrogens with zero attached hydrogens (tertiary/aromatic N) is 4. The summed E-state index contributed by atoms with van der Waals surface area (Å²) < 4.78 is 26.9. The Labute approximate surface area is 145 Å². The zero-order valence-corrected chi connectivity index (χ0v) is 14.3. The third-order valence-electron chi connectivity index (χ3n) is 4.17. The van der Waals surface area contributed by atoms with Gasteiger partial charge in [0.2, 0.25) is 10.0 Å². The summed E-state index contributed by atoms with van der Waals surface area (Å²) in [5.41, 5.74) is 0.728. The van der Waals surface area contributed by atoms with Gasteiger partial charge >= 0.3 is 0 Å². The maximum atomic E-state index is 12.8. The first kappa shape index (κ1) is 17.5. The van der Waals surface area contributed by atoms with Gasteiger partial charge in [-0.25, -0.2) is 8.42 Å². The van der Waals surface area contributed by atoms with Gasteiger partial charge < -0.3 is 0 Å². The van der Waals surface area contributed by atoms with E-state index in [0.29, 0.717) is 26.2 Å². The largest absolute Gasteiger partial charge is 0.296 e. The van der Waals surface area contributed by atoms with Crippen LogP contribution in [0.3, 0.4) is 0 Å². The normalized spacial score (nSPS) is 16.6. The maximum absolute atomic E-state index is 12.8. The van der Waals surface area contributed by atoms with Crippen molar-refractivity contribution in [3.05, 3.63) is 64.5 Å². The van der Waals surface area contributed by atoms with Crippen LogP contribution < -0.4 is 0 Å². The molecule has 25 heavy (non-hydrogen) atoms. The van der Waals surface area contributed by atoms with E-state index in [1.807, 2.05) is 12.1 Å². The predicted molar refractivity (Wildman–Crippen MR) is 91.4 cm³/mol. The molecule has 1 aromatic carbocycles. The lowest BCUT2D eigenvalue weighted by Gasteiger charge is -2.33. The third kappa shape index (κ3) is 3.84. The number of hydrogen-bond acceptors (Lipinski definition) is 6. The second kappa shape index (κ2) is 7.26. The van der Waals surface area contributed by atoms with E-state index >= 15 is 0 Å². The molecule has 1 aliphatic heterocycles. The number of hydrogen-bond donors (Lipinski definition) is 0. The fourth-order valence-electron chi connectivity index (χ4n) is 2.84. The molecule has 0 unspecified atom stereocenters. The molecule has 0 saturated carbocycles. The smallest absolute Gasteiger partial charge is 0.289 e. The Balaban J connectivity index is 1.71. The minimum atomic E-state index is -3.88. The van der Waals surface area contributed by atoms with Crippen molar-refractivity contribution in [3.8, 4) is 0 Å². The van der Waals surface area contributed by atoms with Crippen molar-refractivity contribution >= 4 is 15.7 Å². The summed E-state index contributed by atoms with van der Waals surface area (Å²) in [5, 5.41) is 11.1. The Morgan fingerprint density at radius 1 is 1.04 bits per heavy atom. The lowest BCUT2D eigenvalue weighted by molar-refractivity contribution is -0.387. The minimum Gasteiger partial charge on any atom is -0.296 e. The SMILES string of the molecule is O=[N+]([O-])c1ccccc1S(=O)(=O)N1CCN(Cc2ccncc2)CC1. The fraction of sp³-hybridized carbons (Fsp3) is 0.312. The Bertz CT molecular complexity index is 849. The van der Waals surface area contributed by atoms with Gasteiger partial charge in [0, 0.05) is 51.2 Å². The van der Waals surface area contributed by atoms with E-state index in [1.54, 1.807) is 12.4 Å². The number of aromatic nitrogens is 1. The van der Waals surface area contributed by atoms with Gasteiger partial charge in [0.05, 0.1) is 4.92 Å². The first-order valence-electron chi connectivity index (χ1n) is 7.83. The molecule has 2 aromatic rings. The van der Waals surface area contributed by atoms with Crippen LogP contribution in [0.1, 0.15) is 5.56 Å². The van der Waals surface area contributed by atoms with Crippen molar-refractivity contribution in [1.29, 1.82) is 0 Å². The van der Waals surface area contributed by atoms with E-state index in [2.05, 4.69) is 9.88 Å². The van der Waals surface area contributed by atoms with Crippen molar-refractivity contribution in [2.75, 3.05) is 26.2 Å².